The molecule has 2 rings (SSSR count). The molecule has 112 valence electrons. The van der Waals surface area contributed by atoms with E-state index in [-0.39, 0.29) is 12.0 Å². The Morgan fingerprint density at radius 3 is 2.65 bits per heavy atom. The summed E-state index contributed by atoms with van der Waals surface area (Å²) >= 11 is 0. The van der Waals surface area contributed by atoms with Gasteiger partial charge in [-0.05, 0) is 31.4 Å². The van der Waals surface area contributed by atoms with Crippen LogP contribution in [-0.2, 0) is 0 Å². The molecule has 0 amide bonds. The number of para-hydroxylation sites is 2. The highest BCUT2D eigenvalue weighted by Crippen LogP contribution is 2.36. The summed E-state index contributed by atoms with van der Waals surface area (Å²) in [6, 6.07) is 8.08. The van der Waals surface area contributed by atoms with Crippen LogP contribution in [-0.4, -0.2) is 24.9 Å². The molecule has 1 fully saturated rings. The molecule has 1 aliphatic rings. The van der Waals surface area contributed by atoms with Gasteiger partial charge in [-0.3, -0.25) is 0 Å². The summed E-state index contributed by atoms with van der Waals surface area (Å²) in [6.45, 7) is 3.96. The number of aliphatic hydroxyl groups excluding tert-OH is 1. The van der Waals surface area contributed by atoms with E-state index in [1.54, 1.807) is 0 Å². The summed E-state index contributed by atoms with van der Waals surface area (Å²) in [5, 5.41) is 13.3. The molecule has 1 saturated carbocycles. The smallest absolute Gasteiger partial charge is 0.142 e. The van der Waals surface area contributed by atoms with Gasteiger partial charge in [0.05, 0.1) is 18.9 Å². The largest absolute Gasteiger partial charge is 0.491 e. The van der Waals surface area contributed by atoms with Crippen LogP contribution in [0.4, 0.5) is 5.69 Å². The summed E-state index contributed by atoms with van der Waals surface area (Å²) in [7, 11) is 0. The Hall–Kier alpha value is -1.22. The van der Waals surface area contributed by atoms with Crippen molar-refractivity contribution < 1.29 is 9.84 Å². The van der Waals surface area contributed by atoms with Crippen LogP contribution in [0.25, 0.3) is 0 Å². The molecule has 1 aromatic rings. The van der Waals surface area contributed by atoms with Crippen molar-refractivity contribution in [3.63, 3.8) is 0 Å². The van der Waals surface area contributed by atoms with E-state index in [1.807, 2.05) is 18.2 Å². The van der Waals surface area contributed by atoms with Crippen LogP contribution in [0.2, 0.25) is 0 Å². The van der Waals surface area contributed by atoms with Crippen molar-refractivity contribution in [2.75, 3.05) is 25.1 Å². The van der Waals surface area contributed by atoms with Crippen LogP contribution in [0.1, 0.15) is 45.4 Å². The van der Waals surface area contributed by atoms with Crippen molar-refractivity contribution in [3.8, 4) is 5.75 Å². The van der Waals surface area contributed by atoms with Crippen molar-refractivity contribution in [1.82, 2.24) is 0 Å². The van der Waals surface area contributed by atoms with Crippen LogP contribution in [0.3, 0.4) is 0 Å². The fourth-order valence-corrected chi connectivity index (χ4v) is 2.93. The topological polar surface area (TPSA) is 41.5 Å². The van der Waals surface area contributed by atoms with E-state index in [0.717, 1.165) is 43.9 Å². The van der Waals surface area contributed by atoms with Crippen LogP contribution in [0.15, 0.2) is 24.3 Å². The van der Waals surface area contributed by atoms with Crippen molar-refractivity contribution in [2.45, 2.75) is 45.4 Å². The molecule has 0 radical (unpaired) electrons. The molecular weight excluding hydrogens is 250 g/mol. The number of benzene rings is 1. The van der Waals surface area contributed by atoms with Crippen molar-refractivity contribution >= 4 is 5.69 Å². The van der Waals surface area contributed by atoms with Gasteiger partial charge in [0.2, 0.25) is 0 Å². The number of rotatable bonds is 7. The second-order valence-corrected chi connectivity index (χ2v) is 5.92. The summed E-state index contributed by atoms with van der Waals surface area (Å²) in [5.41, 5.74) is 1.09. The van der Waals surface area contributed by atoms with Gasteiger partial charge < -0.3 is 15.2 Å². The predicted molar refractivity (Wildman–Crippen MR) is 83.3 cm³/mol. The summed E-state index contributed by atoms with van der Waals surface area (Å²) in [6.07, 6.45) is 7.02. The standard InChI is InChI=1S/C17H27NO2/c1-2-12-20-16-9-5-4-8-15(16)18-13-17(14-19)10-6-3-7-11-17/h4-5,8-9,18-19H,2-3,6-7,10-14H2,1H3. The molecule has 0 aliphatic heterocycles. The number of nitrogens with one attached hydrogen (secondary N) is 1. The maximum atomic E-state index is 9.76. The van der Waals surface area contributed by atoms with Crippen molar-refractivity contribution in [1.29, 1.82) is 0 Å². The van der Waals surface area contributed by atoms with E-state index in [1.165, 1.54) is 19.3 Å². The lowest BCUT2D eigenvalue weighted by Gasteiger charge is -2.36. The van der Waals surface area contributed by atoms with Gasteiger partial charge in [-0.15, -0.1) is 0 Å². The van der Waals surface area contributed by atoms with E-state index in [0.29, 0.717) is 0 Å². The fraction of sp³-hybridized carbons (Fsp3) is 0.647. The lowest BCUT2D eigenvalue weighted by molar-refractivity contribution is 0.0943. The summed E-state index contributed by atoms with van der Waals surface area (Å²) < 4.78 is 5.77. The van der Waals surface area contributed by atoms with Crippen LogP contribution in [0, 0.1) is 5.41 Å². The fourth-order valence-electron chi connectivity index (χ4n) is 2.93. The minimum Gasteiger partial charge on any atom is -0.491 e. The van der Waals surface area contributed by atoms with Crippen LogP contribution >= 0.6 is 0 Å². The molecule has 0 atom stereocenters. The van der Waals surface area contributed by atoms with Gasteiger partial charge in [0.25, 0.3) is 0 Å². The second-order valence-electron chi connectivity index (χ2n) is 5.92. The Kier molecular flexibility index (Phi) is 5.72. The Morgan fingerprint density at radius 1 is 1.20 bits per heavy atom. The molecular formula is C17H27NO2. The Morgan fingerprint density at radius 2 is 1.95 bits per heavy atom. The van der Waals surface area contributed by atoms with Gasteiger partial charge in [0.15, 0.2) is 0 Å². The first-order valence-electron chi connectivity index (χ1n) is 7.86. The monoisotopic (exact) mass is 277 g/mol. The Balaban J connectivity index is 1.98. The maximum absolute atomic E-state index is 9.76. The molecule has 0 saturated heterocycles. The molecule has 3 nitrogen and oxygen atoms in total. The van der Waals surface area contributed by atoms with Gasteiger partial charge >= 0.3 is 0 Å². The van der Waals surface area contributed by atoms with Gasteiger partial charge in [0.1, 0.15) is 5.75 Å². The molecule has 1 aromatic carbocycles. The minimum absolute atomic E-state index is 0.0517. The number of ether oxygens (including phenoxy) is 1. The van der Waals surface area contributed by atoms with Crippen molar-refractivity contribution in [3.05, 3.63) is 24.3 Å². The Bertz CT molecular complexity index is 400. The molecule has 20 heavy (non-hydrogen) atoms. The highest BCUT2D eigenvalue weighted by molar-refractivity contribution is 5.56. The number of hydrogen-bond acceptors (Lipinski definition) is 3. The maximum Gasteiger partial charge on any atom is 0.142 e. The lowest BCUT2D eigenvalue weighted by atomic mass is 9.74. The molecule has 2 N–H and O–H groups in total. The third-order valence-electron chi connectivity index (χ3n) is 4.25. The zero-order valence-electron chi connectivity index (χ0n) is 12.5. The van der Waals surface area contributed by atoms with Crippen LogP contribution in [0.5, 0.6) is 5.75 Å². The van der Waals surface area contributed by atoms with E-state index < -0.39 is 0 Å². The second kappa shape index (κ2) is 7.53. The molecule has 0 spiro atoms. The van der Waals surface area contributed by atoms with Crippen molar-refractivity contribution in [2.24, 2.45) is 5.41 Å². The Labute approximate surface area is 122 Å². The van der Waals surface area contributed by atoms with E-state index >= 15 is 0 Å². The van der Waals surface area contributed by atoms with E-state index in [4.69, 9.17) is 4.74 Å². The predicted octanol–water partition coefficient (Wildman–Crippen LogP) is 3.83. The minimum atomic E-state index is 0.0517. The lowest BCUT2D eigenvalue weighted by Crippen LogP contribution is -2.35. The summed E-state index contributed by atoms with van der Waals surface area (Å²) in [4.78, 5) is 0. The number of aliphatic hydroxyl groups is 1. The molecule has 0 unspecified atom stereocenters. The van der Waals surface area contributed by atoms with E-state index in [2.05, 4.69) is 18.3 Å². The van der Waals surface area contributed by atoms with Gasteiger partial charge in [-0.2, -0.15) is 0 Å². The number of anilines is 1. The molecule has 0 aromatic heterocycles. The first-order valence-corrected chi connectivity index (χ1v) is 7.86. The summed E-state index contributed by atoms with van der Waals surface area (Å²) in [5.74, 6) is 0.915. The third-order valence-corrected chi connectivity index (χ3v) is 4.25. The normalized spacial score (nSPS) is 17.7. The molecule has 0 heterocycles. The van der Waals surface area contributed by atoms with Gasteiger partial charge in [-0.25, -0.2) is 0 Å². The van der Waals surface area contributed by atoms with Gasteiger partial charge in [-0.1, -0.05) is 38.3 Å². The third kappa shape index (κ3) is 3.89. The van der Waals surface area contributed by atoms with Gasteiger partial charge in [0, 0.05) is 12.0 Å². The highest BCUT2D eigenvalue weighted by Gasteiger charge is 2.31. The highest BCUT2D eigenvalue weighted by atomic mass is 16.5. The van der Waals surface area contributed by atoms with E-state index in [9.17, 15) is 5.11 Å². The molecule has 3 heteroatoms. The van der Waals surface area contributed by atoms with Crippen LogP contribution < -0.4 is 10.1 Å². The first kappa shape index (κ1) is 15.2. The number of hydrogen-bond donors (Lipinski definition) is 2. The SMILES string of the molecule is CCCOc1ccccc1NCC1(CO)CCCCC1. The molecule has 0 bridgehead atoms. The first-order chi connectivity index (χ1) is 9.79. The average molecular weight is 277 g/mol. The zero-order valence-corrected chi connectivity index (χ0v) is 12.5. The zero-order chi connectivity index (χ0) is 14.3. The molecule has 1 aliphatic carbocycles. The quantitative estimate of drug-likeness (QED) is 0.796. The average Bonchev–Trinajstić information content (AvgIpc) is 2.52.